The number of thiazole rings is 1. The molecule has 0 atom stereocenters. The van der Waals surface area contributed by atoms with E-state index in [0.717, 1.165) is 5.69 Å². The molecule has 0 aliphatic heterocycles. The summed E-state index contributed by atoms with van der Waals surface area (Å²) >= 11 is 1.40. The molecule has 0 bridgehead atoms. The molecule has 9 heteroatoms. The largest absolute Gasteiger partial charge is 0.310 e. The quantitative estimate of drug-likeness (QED) is 0.666. The van der Waals surface area contributed by atoms with Gasteiger partial charge in [0.2, 0.25) is 15.9 Å². The topological polar surface area (TPSA) is 91.4 Å². The molecule has 1 amide bonds. The lowest BCUT2D eigenvalue weighted by Crippen LogP contribution is -2.29. The summed E-state index contributed by atoms with van der Waals surface area (Å²) in [5.41, 5.74) is 0.798. The first-order chi connectivity index (χ1) is 9.39. The lowest BCUT2D eigenvalue weighted by Gasteiger charge is -2.14. The monoisotopic (exact) mass is 320 g/mol. The zero-order chi connectivity index (χ0) is 15.2. The van der Waals surface area contributed by atoms with Crippen LogP contribution in [0.3, 0.4) is 0 Å². The third-order valence-corrected chi connectivity index (χ3v) is 4.91. The first kappa shape index (κ1) is 17.0. The normalized spacial score (nSPS) is 11.6. The molecule has 1 heterocycles. The van der Waals surface area contributed by atoms with Crippen molar-refractivity contribution < 1.29 is 13.2 Å². The fraction of sp³-hybridized carbons (Fsp3) is 0.636. The molecule has 1 aromatic heterocycles. The number of carbonyl (C=O) groups excluding carboxylic acids is 1. The number of rotatable bonds is 8. The zero-order valence-electron chi connectivity index (χ0n) is 11.8. The highest BCUT2D eigenvalue weighted by molar-refractivity contribution is 7.89. The van der Waals surface area contributed by atoms with E-state index in [9.17, 15) is 13.2 Å². The van der Waals surface area contributed by atoms with E-state index in [1.165, 1.54) is 25.3 Å². The molecule has 0 fully saturated rings. The first-order valence-corrected chi connectivity index (χ1v) is 8.77. The van der Waals surface area contributed by atoms with E-state index in [-0.39, 0.29) is 11.7 Å². The van der Waals surface area contributed by atoms with Gasteiger partial charge in [-0.05, 0) is 14.0 Å². The Morgan fingerprint density at radius 3 is 2.75 bits per heavy atom. The maximum Gasteiger partial charge on any atom is 0.225 e. The predicted octanol–water partition coefficient (Wildman–Crippen LogP) is 0.155. The molecule has 0 unspecified atom stereocenters. The second kappa shape index (κ2) is 7.67. The number of hydrogen-bond acceptors (Lipinski definition) is 6. The lowest BCUT2D eigenvalue weighted by atomic mass is 10.5. The minimum absolute atomic E-state index is 0.0228. The average molecular weight is 320 g/mol. The molecule has 0 aliphatic carbocycles. The van der Waals surface area contributed by atoms with Gasteiger partial charge in [0.05, 0.1) is 11.4 Å². The molecule has 7 nitrogen and oxygen atoms in total. The van der Waals surface area contributed by atoms with Gasteiger partial charge in [-0.2, -0.15) is 0 Å². The van der Waals surface area contributed by atoms with Crippen LogP contribution in [-0.4, -0.2) is 45.2 Å². The molecule has 0 saturated heterocycles. The first-order valence-electron chi connectivity index (χ1n) is 6.24. The molecule has 0 aliphatic rings. The maximum absolute atomic E-state index is 11.4. The van der Waals surface area contributed by atoms with Crippen molar-refractivity contribution in [1.29, 1.82) is 0 Å². The second-order valence-corrected chi connectivity index (χ2v) is 6.97. The smallest absolute Gasteiger partial charge is 0.225 e. The summed E-state index contributed by atoms with van der Waals surface area (Å²) < 4.78 is 24.7. The molecule has 0 aromatic carbocycles. The Morgan fingerprint density at radius 1 is 1.50 bits per heavy atom. The average Bonchev–Trinajstić information content (AvgIpc) is 2.84. The Balaban J connectivity index is 2.47. The Bertz CT molecular complexity index is 542. The van der Waals surface area contributed by atoms with Crippen molar-refractivity contribution in [1.82, 2.24) is 15.0 Å². The van der Waals surface area contributed by atoms with Crippen molar-refractivity contribution in [2.45, 2.75) is 20.4 Å². The number of sulfonamides is 1. The van der Waals surface area contributed by atoms with E-state index < -0.39 is 10.0 Å². The number of carbonyl (C=O) groups is 1. The van der Waals surface area contributed by atoms with Crippen molar-refractivity contribution in [2.24, 2.45) is 0 Å². The molecule has 0 radical (unpaired) electrons. The van der Waals surface area contributed by atoms with Crippen molar-refractivity contribution in [2.75, 3.05) is 30.8 Å². The van der Waals surface area contributed by atoms with E-state index in [4.69, 9.17) is 0 Å². The number of anilines is 1. The highest BCUT2D eigenvalue weighted by Crippen LogP contribution is 2.20. The standard InChI is InChI=1S/C11H20N4O3S2/c1-4-15(9(2)16)11-14-10(8-19-11)7-13-5-6-20(17,18)12-3/h8,12-13H,4-7H2,1-3H3. The van der Waals surface area contributed by atoms with Crippen LogP contribution in [0.1, 0.15) is 19.5 Å². The molecular weight excluding hydrogens is 300 g/mol. The summed E-state index contributed by atoms with van der Waals surface area (Å²) in [4.78, 5) is 17.3. The summed E-state index contributed by atoms with van der Waals surface area (Å²) in [6, 6.07) is 0. The molecule has 1 aromatic rings. The lowest BCUT2D eigenvalue weighted by molar-refractivity contribution is -0.116. The fourth-order valence-corrected chi connectivity index (χ4v) is 3.07. The summed E-state index contributed by atoms with van der Waals surface area (Å²) in [5, 5.41) is 5.54. The third kappa shape index (κ3) is 5.16. The summed E-state index contributed by atoms with van der Waals surface area (Å²) in [6.07, 6.45) is 0. The van der Waals surface area contributed by atoms with Crippen LogP contribution in [0.4, 0.5) is 5.13 Å². The molecule has 1 rings (SSSR count). The minimum atomic E-state index is -3.18. The van der Waals surface area contributed by atoms with Crippen LogP contribution in [0.5, 0.6) is 0 Å². The Labute approximate surface area is 123 Å². The number of amides is 1. The number of nitrogens with one attached hydrogen (secondary N) is 2. The van der Waals surface area contributed by atoms with Crippen LogP contribution in [0.2, 0.25) is 0 Å². The summed E-state index contributed by atoms with van der Waals surface area (Å²) in [5.74, 6) is -0.0175. The van der Waals surface area contributed by atoms with Crippen LogP contribution >= 0.6 is 11.3 Å². The molecule has 114 valence electrons. The number of nitrogens with zero attached hydrogens (tertiary/aromatic N) is 2. The van der Waals surface area contributed by atoms with Crippen molar-refractivity contribution >= 4 is 32.4 Å². The Morgan fingerprint density at radius 2 is 2.20 bits per heavy atom. The SMILES string of the molecule is CCN(C(C)=O)c1nc(CNCCS(=O)(=O)NC)cs1. The van der Waals surface area contributed by atoms with Crippen LogP contribution < -0.4 is 14.9 Å². The summed E-state index contributed by atoms with van der Waals surface area (Å²) in [6.45, 7) is 4.80. The van der Waals surface area contributed by atoms with Crippen LogP contribution in [0.25, 0.3) is 0 Å². The zero-order valence-corrected chi connectivity index (χ0v) is 13.5. The Kier molecular flexibility index (Phi) is 6.53. The van der Waals surface area contributed by atoms with Crippen molar-refractivity contribution in [3.8, 4) is 0 Å². The fourth-order valence-electron chi connectivity index (χ4n) is 1.52. The third-order valence-electron chi connectivity index (χ3n) is 2.63. The minimum Gasteiger partial charge on any atom is -0.310 e. The molecule has 20 heavy (non-hydrogen) atoms. The van der Waals surface area contributed by atoms with E-state index in [1.54, 1.807) is 4.90 Å². The van der Waals surface area contributed by atoms with Gasteiger partial charge in [-0.25, -0.2) is 18.1 Å². The van der Waals surface area contributed by atoms with Gasteiger partial charge in [0.15, 0.2) is 5.13 Å². The van der Waals surface area contributed by atoms with Gasteiger partial charge in [0, 0.05) is 31.9 Å². The van der Waals surface area contributed by atoms with Gasteiger partial charge < -0.3 is 5.32 Å². The molecule has 0 saturated carbocycles. The highest BCUT2D eigenvalue weighted by atomic mass is 32.2. The van der Waals surface area contributed by atoms with Gasteiger partial charge in [-0.1, -0.05) is 0 Å². The van der Waals surface area contributed by atoms with E-state index >= 15 is 0 Å². The highest BCUT2D eigenvalue weighted by Gasteiger charge is 2.13. The van der Waals surface area contributed by atoms with Crippen molar-refractivity contribution in [3.63, 3.8) is 0 Å². The van der Waals surface area contributed by atoms with Crippen LogP contribution in [0.15, 0.2) is 5.38 Å². The van der Waals surface area contributed by atoms with Crippen LogP contribution in [-0.2, 0) is 21.4 Å². The maximum atomic E-state index is 11.4. The second-order valence-electron chi connectivity index (χ2n) is 4.08. The van der Waals surface area contributed by atoms with Crippen LogP contribution in [0, 0.1) is 0 Å². The number of hydrogen-bond donors (Lipinski definition) is 2. The summed E-state index contributed by atoms with van der Waals surface area (Å²) in [7, 11) is -1.79. The number of aromatic nitrogens is 1. The van der Waals surface area contributed by atoms with E-state index in [1.807, 2.05) is 12.3 Å². The van der Waals surface area contributed by atoms with E-state index in [0.29, 0.717) is 24.8 Å². The van der Waals surface area contributed by atoms with Gasteiger partial charge in [-0.15, -0.1) is 11.3 Å². The molecular formula is C11H20N4O3S2. The Hall–Kier alpha value is -1.03. The predicted molar refractivity (Wildman–Crippen MR) is 80.4 cm³/mol. The van der Waals surface area contributed by atoms with Crippen molar-refractivity contribution in [3.05, 3.63) is 11.1 Å². The molecule has 2 N–H and O–H groups in total. The van der Waals surface area contributed by atoms with E-state index in [2.05, 4.69) is 15.0 Å². The van der Waals surface area contributed by atoms with Gasteiger partial charge in [-0.3, -0.25) is 9.69 Å². The van der Waals surface area contributed by atoms with Gasteiger partial charge in [0.1, 0.15) is 0 Å². The molecule has 0 spiro atoms. The van der Waals surface area contributed by atoms with Gasteiger partial charge in [0.25, 0.3) is 0 Å². The van der Waals surface area contributed by atoms with Gasteiger partial charge >= 0.3 is 0 Å².